The molecule has 1 aromatic heterocycles. The van der Waals surface area contributed by atoms with E-state index >= 15 is 0 Å². The van der Waals surface area contributed by atoms with E-state index in [0.717, 1.165) is 0 Å². The molecule has 1 aromatic rings. The third-order valence-electron chi connectivity index (χ3n) is 11.4. The molecule has 0 amide bonds. The Morgan fingerprint density at radius 2 is 1.86 bits per heavy atom. The van der Waals surface area contributed by atoms with Crippen LogP contribution in [0.15, 0.2) is 12.3 Å². The number of ether oxygens (including phenoxy) is 2. The van der Waals surface area contributed by atoms with Crippen LogP contribution >= 0.6 is 22.6 Å². The molecule has 7 rings (SSSR count). The Morgan fingerprint density at radius 3 is 2.42 bits per heavy atom. The summed E-state index contributed by atoms with van der Waals surface area (Å²) in [5.74, 6) is -4.35. The first-order valence-corrected chi connectivity index (χ1v) is 13.5. The van der Waals surface area contributed by atoms with Crippen LogP contribution in [0, 0.1) is 26.2 Å². The summed E-state index contributed by atoms with van der Waals surface area (Å²) in [5, 5.41) is 74.2. The monoisotopic (exact) mass is 619 g/mol. The van der Waals surface area contributed by atoms with Crippen LogP contribution in [-0.4, -0.2) is 87.6 Å². The number of hydrogen-bond acceptors (Lipinski definition) is 9. The van der Waals surface area contributed by atoms with Crippen LogP contribution < -0.4 is 0 Å². The van der Waals surface area contributed by atoms with E-state index in [-0.39, 0.29) is 18.5 Å². The fraction of sp³-hybridized carbons (Fsp3) is 0.800. The van der Waals surface area contributed by atoms with E-state index in [1.165, 1.54) is 13.8 Å². The Balaban J connectivity index is 1.68. The van der Waals surface area contributed by atoms with E-state index in [1.807, 2.05) is 22.6 Å². The van der Waals surface area contributed by atoms with Crippen LogP contribution in [0.25, 0.3) is 0 Å². The SMILES string of the molecule is CC(C)[C@@]1(O)[C@@H](OC(=O)c2[nH]ccc2I)[C@@]2(O)[C@@]3(C)C[C@]4(O)O[C@@]5([C@H](O)[C@@H](C)CC[C@]35O)[C@@]2(O)[C@]14C. The first-order chi connectivity index (χ1) is 16.4. The average molecular weight is 619 g/mol. The maximum atomic E-state index is 13.4. The zero-order valence-corrected chi connectivity index (χ0v) is 23.0. The number of nitrogens with one attached hydrogen (secondary N) is 1. The van der Waals surface area contributed by atoms with Crippen molar-refractivity contribution < 1.29 is 44.9 Å². The summed E-state index contributed by atoms with van der Waals surface area (Å²) < 4.78 is 12.7. The second-order valence-corrected chi connectivity index (χ2v) is 13.7. The van der Waals surface area contributed by atoms with Gasteiger partial charge >= 0.3 is 5.97 Å². The highest BCUT2D eigenvalue weighted by molar-refractivity contribution is 14.1. The number of esters is 1. The van der Waals surface area contributed by atoms with Gasteiger partial charge in [-0.25, -0.2) is 4.79 Å². The van der Waals surface area contributed by atoms with E-state index in [2.05, 4.69) is 4.98 Å². The lowest BCUT2D eigenvalue weighted by atomic mass is 9.52. The lowest BCUT2D eigenvalue weighted by Crippen LogP contribution is -2.75. The molecule has 1 spiro atoms. The normalized spacial score (nSPS) is 58.5. The molecule has 3 heterocycles. The van der Waals surface area contributed by atoms with Crippen molar-refractivity contribution in [1.29, 1.82) is 0 Å². The molecule has 6 bridgehead atoms. The Kier molecular flexibility index (Phi) is 4.59. The van der Waals surface area contributed by atoms with Gasteiger partial charge in [-0.2, -0.15) is 0 Å². The summed E-state index contributed by atoms with van der Waals surface area (Å²) in [5.41, 5.74) is -15.2. The van der Waals surface area contributed by atoms with Gasteiger partial charge in [0.1, 0.15) is 28.1 Å². The molecule has 200 valence electrons. The molecule has 11 heteroatoms. The second kappa shape index (κ2) is 6.49. The predicted molar refractivity (Wildman–Crippen MR) is 131 cm³/mol. The number of H-pyrrole nitrogens is 1. The number of aromatic nitrogens is 1. The third-order valence-corrected chi connectivity index (χ3v) is 12.3. The topological polar surface area (TPSA) is 173 Å². The van der Waals surface area contributed by atoms with E-state index in [9.17, 15) is 35.4 Å². The minimum Gasteiger partial charge on any atom is -0.451 e. The van der Waals surface area contributed by atoms with Crippen molar-refractivity contribution >= 4 is 28.6 Å². The van der Waals surface area contributed by atoms with Gasteiger partial charge in [-0.3, -0.25) is 0 Å². The van der Waals surface area contributed by atoms with Gasteiger partial charge in [-0.05, 0) is 60.3 Å². The molecule has 36 heavy (non-hydrogen) atoms. The molecule has 4 aliphatic carbocycles. The van der Waals surface area contributed by atoms with Crippen LogP contribution in [0.1, 0.15) is 64.4 Å². The van der Waals surface area contributed by atoms with Crippen molar-refractivity contribution in [3.63, 3.8) is 0 Å². The number of hydrogen-bond donors (Lipinski definition) is 7. The summed E-state index contributed by atoms with van der Waals surface area (Å²) in [6.45, 7) is 7.93. The first kappa shape index (κ1) is 25.5. The van der Waals surface area contributed by atoms with Crippen molar-refractivity contribution in [3.8, 4) is 0 Å². The van der Waals surface area contributed by atoms with Crippen molar-refractivity contribution in [2.24, 2.45) is 22.7 Å². The molecule has 11 atom stereocenters. The van der Waals surface area contributed by atoms with Gasteiger partial charge in [0.25, 0.3) is 0 Å². The third kappa shape index (κ3) is 1.88. The summed E-state index contributed by atoms with van der Waals surface area (Å²) in [4.78, 5) is 16.2. The molecule has 0 radical (unpaired) electrons. The van der Waals surface area contributed by atoms with Gasteiger partial charge in [0.2, 0.25) is 0 Å². The lowest BCUT2D eigenvalue weighted by Gasteiger charge is -2.60. The van der Waals surface area contributed by atoms with E-state index in [4.69, 9.17) is 9.47 Å². The van der Waals surface area contributed by atoms with Gasteiger partial charge in [0.05, 0.1) is 11.5 Å². The minimum absolute atomic E-state index is 0.0633. The summed E-state index contributed by atoms with van der Waals surface area (Å²) in [6, 6.07) is 1.66. The van der Waals surface area contributed by atoms with Crippen LogP contribution in [0.3, 0.4) is 0 Å². The molecule has 2 aliphatic heterocycles. The van der Waals surface area contributed by atoms with Crippen LogP contribution in [0.4, 0.5) is 0 Å². The largest absolute Gasteiger partial charge is 0.451 e. The highest BCUT2D eigenvalue weighted by atomic mass is 127. The molecule has 6 fully saturated rings. The number of aliphatic hydroxyl groups is 6. The zero-order chi connectivity index (χ0) is 26.7. The lowest BCUT2D eigenvalue weighted by molar-refractivity contribution is -0.390. The Morgan fingerprint density at radius 1 is 1.22 bits per heavy atom. The Labute approximate surface area is 222 Å². The fourth-order valence-corrected chi connectivity index (χ4v) is 10.2. The number of rotatable bonds is 3. The number of carbonyl (C=O) groups is 1. The smallest absolute Gasteiger partial charge is 0.356 e. The van der Waals surface area contributed by atoms with Crippen molar-refractivity contribution in [3.05, 3.63) is 21.5 Å². The van der Waals surface area contributed by atoms with E-state index in [1.54, 1.807) is 33.0 Å². The number of halogens is 1. The Bertz CT molecular complexity index is 1190. The quantitative estimate of drug-likeness (QED) is 0.187. The molecule has 6 aliphatic rings. The van der Waals surface area contributed by atoms with Crippen molar-refractivity contribution in [1.82, 2.24) is 4.98 Å². The Hall–Kier alpha value is -0.800. The van der Waals surface area contributed by atoms with Gasteiger partial charge in [0.15, 0.2) is 17.5 Å². The molecular formula is C25H34INO9. The summed E-state index contributed by atoms with van der Waals surface area (Å²) in [6.07, 6.45) is -1.62. The number of aromatic amines is 1. The van der Waals surface area contributed by atoms with E-state index < -0.39 is 74.6 Å². The van der Waals surface area contributed by atoms with Crippen LogP contribution in [0.5, 0.6) is 0 Å². The highest BCUT2D eigenvalue weighted by Gasteiger charge is 3.10. The van der Waals surface area contributed by atoms with Gasteiger partial charge in [0, 0.05) is 21.6 Å². The minimum atomic E-state index is -2.59. The fourth-order valence-electron chi connectivity index (χ4n) is 9.61. The number of carbonyl (C=O) groups excluding carboxylic acids is 1. The maximum Gasteiger partial charge on any atom is 0.356 e. The number of aliphatic hydroxyl groups excluding tert-OH is 1. The standard InChI is InChI=1S/C25H34INO9/c1-11(2)22(32)17(35-16(29)14-13(26)7-9-27-14)23(33)18(4)10-21(31)19(22,5)25(23,34)24(36-21)15(28)12(3)6-8-20(18,24)30/h7,9,11-12,15,17,27-28,30-34H,6,8,10H2,1-5H3/t12-,15+,17+,18-,19-,20-,21-,22+,23+,24+,25+/m0/s1. The highest BCUT2D eigenvalue weighted by Crippen LogP contribution is 2.90. The first-order valence-electron chi connectivity index (χ1n) is 12.5. The summed E-state index contributed by atoms with van der Waals surface area (Å²) in [7, 11) is 0. The summed E-state index contributed by atoms with van der Waals surface area (Å²) >= 11 is 1.95. The molecule has 0 unspecified atom stereocenters. The molecule has 7 N–H and O–H groups in total. The zero-order valence-electron chi connectivity index (χ0n) is 20.9. The molecule has 0 aromatic carbocycles. The van der Waals surface area contributed by atoms with Crippen molar-refractivity contribution in [2.45, 2.75) is 99.9 Å². The van der Waals surface area contributed by atoms with Crippen molar-refractivity contribution in [2.75, 3.05) is 0 Å². The maximum absolute atomic E-state index is 13.4. The molecule has 10 nitrogen and oxygen atoms in total. The van der Waals surface area contributed by atoms with Crippen LogP contribution in [0.2, 0.25) is 0 Å². The molecular weight excluding hydrogens is 585 g/mol. The van der Waals surface area contributed by atoms with Gasteiger partial charge in [-0.15, -0.1) is 0 Å². The van der Waals surface area contributed by atoms with Gasteiger partial charge in [-0.1, -0.05) is 27.7 Å². The van der Waals surface area contributed by atoms with Gasteiger partial charge < -0.3 is 45.1 Å². The predicted octanol–water partition coefficient (Wildman–Crippen LogP) is 0.417. The average Bonchev–Trinajstić information content (AvgIpc) is 3.33. The second-order valence-electron chi connectivity index (χ2n) is 12.5. The van der Waals surface area contributed by atoms with Crippen LogP contribution in [-0.2, 0) is 9.47 Å². The molecule has 2 saturated heterocycles. The van der Waals surface area contributed by atoms with E-state index in [0.29, 0.717) is 9.99 Å². The molecule has 4 saturated carbocycles.